The van der Waals surface area contributed by atoms with Crippen molar-refractivity contribution in [3.8, 4) is 0 Å². The van der Waals surface area contributed by atoms with Crippen molar-refractivity contribution in [3.05, 3.63) is 70.0 Å². The van der Waals surface area contributed by atoms with Crippen LogP contribution in [0.15, 0.2) is 42.5 Å². The molecule has 0 aromatic heterocycles. The van der Waals surface area contributed by atoms with Crippen LogP contribution in [-0.4, -0.2) is 7.05 Å². The first kappa shape index (κ1) is 15.0. The number of halogens is 2. The van der Waals surface area contributed by atoms with Crippen LogP contribution in [0.2, 0.25) is 5.02 Å². The Hall–Kier alpha value is -1.42. The maximum atomic E-state index is 13.7. The molecule has 0 radical (unpaired) electrons. The fourth-order valence-corrected chi connectivity index (χ4v) is 2.13. The van der Waals surface area contributed by atoms with Crippen LogP contribution in [0.25, 0.3) is 0 Å². The summed E-state index contributed by atoms with van der Waals surface area (Å²) in [5, 5.41) is 3.70. The van der Waals surface area contributed by atoms with Crippen LogP contribution in [0.1, 0.15) is 16.7 Å². The number of hydrogen-bond acceptors (Lipinski definition) is 2. The molecule has 4 heteroatoms. The summed E-state index contributed by atoms with van der Waals surface area (Å²) in [6, 6.07) is 12.5. The second-order valence-electron chi connectivity index (χ2n) is 4.54. The summed E-state index contributed by atoms with van der Waals surface area (Å²) in [6.07, 6.45) is 0. The molecule has 2 aromatic carbocycles. The molecule has 0 aliphatic rings. The van der Waals surface area contributed by atoms with Gasteiger partial charge in [0, 0.05) is 17.1 Å². The topological polar surface area (TPSA) is 21.3 Å². The van der Waals surface area contributed by atoms with Crippen molar-refractivity contribution < 1.29 is 9.13 Å². The van der Waals surface area contributed by atoms with E-state index in [1.807, 2.05) is 37.4 Å². The minimum absolute atomic E-state index is 0.231. The van der Waals surface area contributed by atoms with E-state index in [4.69, 9.17) is 16.3 Å². The van der Waals surface area contributed by atoms with Crippen molar-refractivity contribution in [2.24, 2.45) is 0 Å². The van der Waals surface area contributed by atoms with Gasteiger partial charge in [-0.05, 0) is 36.4 Å². The van der Waals surface area contributed by atoms with Gasteiger partial charge in [0.25, 0.3) is 0 Å². The molecular formula is C16H17ClFNO. The van der Waals surface area contributed by atoms with E-state index in [1.54, 1.807) is 6.07 Å². The van der Waals surface area contributed by atoms with E-state index in [1.165, 1.54) is 6.07 Å². The lowest BCUT2D eigenvalue weighted by Crippen LogP contribution is -2.06. The Morgan fingerprint density at radius 1 is 1.10 bits per heavy atom. The molecule has 0 atom stereocenters. The summed E-state index contributed by atoms with van der Waals surface area (Å²) >= 11 is 6.04. The molecule has 0 fully saturated rings. The third-order valence-electron chi connectivity index (χ3n) is 2.96. The summed E-state index contributed by atoms with van der Waals surface area (Å²) in [5.41, 5.74) is 2.50. The Morgan fingerprint density at radius 2 is 1.85 bits per heavy atom. The molecule has 0 aliphatic carbocycles. The lowest BCUT2D eigenvalue weighted by molar-refractivity contribution is 0.105. The van der Waals surface area contributed by atoms with E-state index >= 15 is 0 Å². The molecule has 0 saturated carbocycles. The van der Waals surface area contributed by atoms with Gasteiger partial charge >= 0.3 is 0 Å². The van der Waals surface area contributed by atoms with Gasteiger partial charge in [-0.3, -0.25) is 0 Å². The zero-order valence-electron chi connectivity index (χ0n) is 11.3. The van der Waals surface area contributed by atoms with Gasteiger partial charge in [-0.2, -0.15) is 0 Å². The fraction of sp³-hybridized carbons (Fsp3) is 0.250. The SMILES string of the molecule is CNCc1ccc(F)c(COCc2ccccc2Cl)c1. The van der Waals surface area contributed by atoms with Gasteiger partial charge in [-0.1, -0.05) is 35.9 Å². The van der Waals surface area contributed by atoms with Crippen LogP contribution in [0.3, 0.4) is 0 Å². The largest absolute Gasteiger partial charge is 0.372 e. The summed E-state index contributed by atoms with van der Waals surface area (Å²) in [5.74, 6) is -0.246. The molecule has 0 saturated heterocycles. The smallest absolute Gasteiger partial charge is 0.128 e. The Balaban J connectivity index is 1.97. The highest BCUT2D eigenvalue weighted by Gasteiger charge is 2.05. The van der Waals surface area contributed by atoms with Crippen molar-refractivity contribution in [2.45, 2.75) is 19.8 Å². The lowest BCUT2D eigenvalue weighted by atomic mass is 10.1. The number of hydrogen-bond donors (Lipinski definition) is 1. The number of rotatable bonds is 6. The quantitative estimate of drug-likeness (QED) is 0.872. The molecule has 1 N–H and O–H groups in total. The van der Waals surface area contributed by atoms with E-state index in [2.05, 4.69) is 5.32 Å². The molecule has 106 valence electrons. The molecule has 2 rings (SSSR count). The van der Waals surface area contributed by atoms with Crippen LogP contribution in [0.5, 0.6) is 0 Å². The van der Waals surface area contributed by atoms with Crippen LogP contribution < -0.4 is 5.32 Å². The average Bonchev–Trinajstić information content (AvgIpc) is 2.44. The normalized spacial score (nSPS) is 10.8. The van der Waals surface area contributed by atoms with Crippen molar-refractivity contribution in [3.63, 3.8) is 0 Å². The highest BCUT2D eigenvalue weighted by molar-refractivity contribution is 6.31. The molecule has 0 aliphatic heterocycles. The molecule has 0 spiro atoms. The summed E-state index contributed by atoms with van der Waals surface area (Å²) in [4.78, 5) is 0. The van der Waals surface area contributed by atoms with E-state index in [0.717, 1.165) is 11.1 Å². The van der Waals surface area contributed by atoms with Crippen molar-refractivity contribution >= 4 is 11.6 Å². The molecule has 0 unspecified atom stereocenters. The minimum atomic E-state index is -0.246. The van der Waals surface area contributed by atoms with Crippen molar-refractivity contribution in [1.82, 2.24) is 5.32 Å². The van der Waals surface area contributed by atoms with E-state index < -0.39 is 0 Å². The third kappa shape index (κ3) is 4.04. The van der Waals surface area contributed by atoms with Crippen LogP contribution in [0, 0.1) is 5.82 Å². The van der Waals surface area contributed by atoms with Crippen LogP contribution in [-0.2, 0) is 24.5 Å². The molecule has 2 aromatic rings. The Bertz CT molecular complexity index is 574. The first-order chi connectivity index (χ1) is 9.70. The van der Waals surface area contributed by atoms with Gasteiger partial charge in [-0.15, -0.1) is 0 Å². The number of nitrogens with one attached hydrogen (secondary N) is 1. The van der Waals surface area contributed by atoms with Crippen LogP contribution >= 0.6 is 11.6 Å². The molecular weight excluding hydrogens is 277 g/mol. The average molecular weight is 294 g/mol. The Kier molecular flexibility index (Phi) is 5.53. The summed E-state index contributed by atoms with van der Waals surface area (Å²) < 4.78 is 19.2. The molecule has 20 heavy (non-hydrogen) atoms. The number of benzene rings is 2. The molecule has 0 amide bonds. The molecule has 0 bridgehead atoms. The van der Waals surface area contributed by atoms with E-state index in [-0.39, 0.29) is 12.4 Å². The van der Waals surface area contributed by atoms with Gasteiger partial charge in [0.15, 0.2) is 0 Å². The van der Waals surface area contributed by atoms with Crippen molar-refractivity contribution in [1.29, 1.82) is 0 Å². The van der Waals surface area contributed by atoms with Gasteiger partial charge in [0.05, 0.1) is 13.2 Å². The van der Waals surface area contributed by atoms with Gasteiger partial charge in [-0.25, -0.2) is 4.39 Å². The van der Waals surface area contributed by atoms with Gasteiger partial charge < -0.3 is 10.1 Å². The summed E-state index contributed by atoms with van der Waals surface area (Å²) in [7, 11) is 1.86. The predicted octanol–water partition coefficient (Wildman–Crippen LogP) is 3.92. The second-order valence-corrected chi connectivity index (χ2v) is 4.95. The molecule has 0 heterocycles. The standard InChI is InChI=1S/C16H17ClFNO/c1-19-9-12-6-7-16(18)14(8-12)11-20-10-13-4-2-3-5-15(13)17/h2-8,19H,9-11H2,1H3. The van der Waals surface area contributed by atoms with Crippen LogP contribution in [0.4, 0.5) is 4.39 Å². The maximum Gasteiger partial charge on any atom is 0.128 e. The third-order valence-corrected chi connectivity index (χ3v) is 3.33. The fourth-order valence-electron chi connectivity index (χ4n) is 1.94. The number of ether oxygens (including phenoxy) is 1. The van der Waals surface area contributed by atoms with Gasteiger partial charge in [0.2, 0.25) is 0 Å². The predicted molar refractivity (Wildman–Crippen MR) is 79.1 cm³/mol. The zero-order chi connectivity index (χ0) is 14.4. The molecule has 2 nitrogen and oxygen atoms in total. The Morgan fingerprint density at radius 3 is 2.60 bits per heavy atom. The Labute approximate surface area is 123 Å². The highest BCUT2D eigenvalue weighted by Crippen LogP contribution is 2.17. The van der Waals surface area contributed by atoms with E-state index in [9.17, 15) is 4.39 Å². The first-order valence-electron chi connectivity index (χ1n) is 6.43. The second kappa shape index (κ2) is 7.39. The zero-order valence-corrected chi connectivity index (χ0v) is 12.1. The monoisotopic (exact) mass is 293 g/mol. The maximum absolute atomic E-state index is 13.7. The van der Waals surface area contributed by atoms with Gasteiger partial charge in [0.1, 0.15) is 5.82 Å². The summed E-state index contributed by atoms with van der Waals surface area (Å²) in [6.45, 7) is 1.31. The van der Waals surface area contributed by atoms with E-state index in [0.29, 0.717) is 23.7 Å². The minimum Gasteiger partial charge on any atom is -0.372 e. The first-order valence-corrected chi connectivity index (χ1v) is 6.81. The lowest BCUT2D eigenvalue weighted by Gasteiger charge is -2.09. The van der Waals surface area contributed by atoms with Crippen molar-refractivity contribution in [2.75, 3.05) is 7.05 Å². The highest BCUT2D eigenvalue weighted by atomic mass is 35.5.